The minimum atomic E-state index is -3.08. The number of rotatable bonds is 5. The van der Waals surface area contributed by atoms with Crippen molar-refractivity contribution < 1.29 is 13.2 Å². The van der Waals surface area contributed by atoms with Gasteiger partial charge in [0, 0.05) is 11.6 Å². The number of ether oxygens (including phenoxy) is 1. The summed E-state index contributed by atoms with van der Waals surface area (Å²) in [5, 5.41) is 3.48. The summed E-state index contributed by atoms with van der Waals surface area (Å²) < 4.78 is 29.6. The van der Waals surface area contributed by atoms with Crippen molar-refractivity contribution in [2.24, 2.45) is 0 Å². The van der Waals surface area contributed by atoms with Gasteiger partial charge in [-0.05, 0) is 43.7 Å². The molecule has 0 saturated carbocycles. The summed E-state index contributed by atoms with van der Waals surface area (Å²) in [6, 6.07) is 6.90. The smallest absolute Gasteiger partial charge is 0.157 e. The molecule has 1 atom stereocenters. The molecule has 1 fully saturated rings. The fraction of sp³-hybridized carbons (Fsp3) is 0.538. The Morgan fingerprint density at radius 2 is 2.05 bits per heavy atom. The van der Waals surface area contributed by atoms with Crippen LogP contribution in [0.25, 0.3) is 0 Å². The van der Waals surface area contributed by atoms with Gasteiger partial charge in [-0.3, -0.25) is 0 Å². The van der Waals surface area contributed by atoms with E-state index in [-0.39, 0.29) is 17.6 Å². The van der Waals surface area contributed by atoms with Gasteiger partial charge in [-0.15, -0.1) is 0 Å². The molecule has 1 unspecified atom stereocenters. The maximum atomic E-state index is 12.1. The molecule has 1 N–H and O–H groups in total. The summed E-state index contributed by atoms with van der Waals surface area (Å²) in [7, 11) is -3.08. The Labute approximate surface area is 119 Å². The number of piperidine rings is 1. The van der Waals surface area contributed by atoms with Crippen molar-refractivity contribution in [3.05, 3.63) is 29.3 Å². The number of hydrogen-bond acceptors (Lipinski definition) is 4. The Kier molecular flexibility index (Phi) is 5.07. The van der Waals surface area contributed by atoms with E-state index in [1.807, 2.05) is 0 Å². The molecule has 0 bridgehead atoms. The Bertz CT molecular complexity index is 495. The first kappa shape index (κ1) is 14.6. The first-order valence-electron chi connectivity index (χ1n) is 6.38. The van der Waals surface area contributed by atoms with Crippen LogP contribution in [0.2, 0.25) is 5.02 Å². The quantitative estimate of drug-likeness (QED) is 0.902. The molecule has 0 amide bonds. The number of sulfone groups is 1. The average Bonchev–Trinajstić information content (AvgIpc) is 2.42. The lowest BCUT2D eigenvalue weighted by Crippen LogP contribution is -2.40. The van der Waals surface area contributed by atoms with Crippen LogP contribution >= 0.6 is 11.6 Å². The zero-order valence-corrected chi connectivity index (χ0v) is 12.2. The Morgan fingerprint density at radius 1 is 1.32 bits per heavy atom. The molecule has 0 aromatic heterocycles. The molecule has 1 saturated heterocycles. The van der Waals surface area contributed by atoms with Gasteiger partial charge in [0.1, 0.15) is 12.4 Å². The third-order valence-corrected chi connectivity index (χ3v) is 5.62. The van der Waals surface area contributed by atoms with E-state index in [0.717, 1.165) is 19.4 Å². The van der Waals surface area contributed by atoms with Crippen LogP contribution in [0.5, 0.6) is 5.75 Å². The van der Waals surface area contributed by atoms with E-state index in [1.54, 1.807) is 24.3 Å². The van der Waals surface area contributed by atoms with Gasteiger partial charge in [0.25, 0.3) is 0 Å². The third-order valence-electron chi connectivity index (χ3n) is 3.21. The standard InChI is InChI=1S/C13H18ClNO3S/c14-11-3-5-12(6-4-11)18-8-9-19(16,17)13-2-1-7-15-10-13/h3-6,13,15H,1-2,7-10H2. The van der Waals surface area contributed by atoms with Gasteiger partial charge < -0.3 is 10.1 Å². The molecule has 2 rings (SSSR count). The van der Waals surface area contributed by atoms with E-state index in [0.29, 0.717) is 17.3 Å². The number of nitrogens with one attached hydrogen (secondary N) is 1. The summed E-state index contributed by atoms with van der Waals surface area (Å²) in [6.45, 7) is 1.65. The van der Waals surface area contributed by atoms with Crippen molar-refractivity contribution in [2.75, 3.05) is 25.4 Å². The van der Waals surface area contributed by atoms with Crippen molar-refractivity contribution >= 4 is 21.4 Å². The highest BCUT2D eigenvalue weighted by molar-refractivity contribution is 7.92. The van der Waals surface area contributed by atoms with Crippen molar-refractivity contribution in [2.45, 2.75) is 18.1 Å². The lowest BCUT2D eigenvalue weighted by Gasteiger charge is -2.22. The Hall–Kier alpha value is -0.780. The second-order valence-corrected chi connectivity index (χ2v) is 7.47. The number of hydrogen-bond donors (Lipinski definition) is 1. The molecule has 1 aliphatic heterocycles. The zero-order chi connectivity index (χ0) is 13.7. The second kappa shape index (κ2) is 6.59. The van der Waals surface area contributed by atoms with E-state index < -0.39 is 9.84 Å². The largest absolute Gasteiger partial charge is 0.493 e. The van der Waals surface area contributed by atoms with Gasteiger partial charge in [-0.25, -0.2) is 8.42 Å². The molecule has 106 valence electrons. The molecule has 1 heterocycles. The highest BCUT2D eigenvalue weighted by Crippen LogP contribution is 2.16. The summed E-state index contributed by atoms with van der Waals surface area (Å²) in [6.07, 6.45) is 1.66. The Balaban J connectivity index is 1.82. The summed E-state index contributed by atoms with van der Waals surface area (Å²) in [5.41, 5.74) is 0. The molecular formula is C13H18ClNO3S. The molecule has 19 heavy (non-hydrogen) atoms. The van der Waals surface area contributed by atoms with E-state index in [2.05, 4.69) is 5.32 Å². The summed E-state index contributed by atoms with van der Waals surface area (Å²) in [4.78, 5) is 0. The predicted molar refractivity (Wildman–Crippen MR) is 76.6 cm³/mol. The summed E-state index contributed by atoms with van der Waals surface area (Å²) in [5.74, 6) is 0.698. The molecule has 1 aromatic carbocycles. The highest BCUT2D eigenvalue weighted by Gasteiger charge is 2.26. The van der Waals surface area contributed by atoms with E-state index in [4.69, 9.17) is 16.3 Å². The number of benzene rings is 1. The topological polar surface area (TPSA) is 55.4 Å². The maximum absolute atomic E-state index is 12.1. The molecule has 4 nitrogen and oxygen atoms in total. The normalized spacial score (nSPS) is 20.2. The lowest BCUT2D eigenvalue weighted by atomic mass is 10.2. The van der Waals surface area contributed by atoms with Gasteiger partial charge in [0.05, 0.1) is 11.0 Å². The third kappa shape index (κ3) is 4.37. The van der Waals surface area contributed by atoms with Crippen LogP contribution < -0.4 is 10.1 Å². The van der Waals surface area contributed by atoms with Gasteiger partial charge in [0.2, 0.25) is 0 Å². The van der Waals surface area contributed by atoms with Gasteiger partial charge in [0.15, 0.2) is 9.84 Å². The van der Waals surface area contributed by atoms with Crippen LogP contribution in [0.15, 0.2) is 24.3 Å². The average molecular weight is 304 g/mol. The second-order valence-electron chi connectivity index (χ2n) is 4.64. The first-order chi connectivity index (χ1) is 9.08. The zero-order valence-electron chi connectivity index (χ0n) is 10.6. The van der Waals surface area contributed by atoms with E-state index in [9.17, 15) is 8.42 Å². The van der Waals surface area contributed by atoms with E-state index >= 15 is 0 Å². The van der Waals surface area contributed by atoms with Gasteiger partial charge in [-0.2, -0.15) is 0 Å². The predicted octanol–water partition coefficient (Wildman–Crippen LogP) is 1.89. The van der Waals surface area contributed by atoms with E-state index in [1.165, 1.54) is 0 Å². The molecular weight excluding hydrogens is 286 g/mol. The van der Waals surface area contributed by atoms with Crippen molar-refractivity contribution in [3.8, 4) is 5.75 Å². The maximum Gasteiger partial charge on any atom is 0.157 e. The number of halogens is 1. The minimum Gasteiger partial charge on any atom is -0.493 e. The van der Waals surface area contributed by atoms with Gasteiger partial charge >= 0.3 is 0 Å². The van der Waals surface area contributed by atoms with Crippen LogP contribution in [-0.4, -0.2) is 39.1 Å². The van der Waals surface area contributed by atoms with Crippen LogP contribution in [0.4, 0.5) is 0 Å². The Morgan fingerprint density at radius 3 is 2.68 bits per heavy atom. The minimum absolute atomic E-state index is 0.0575. The van der Waals surface area contributed by atoms with Crippen LogP contribution in [-0.2, 0) is 9.84 Å². The molecule has 1 aliphatic rings. The molecule has 0 aliphatic carbocycles. The fourth-order valence-electron chi connectivity index (χ4n) is 2.10. The molecule has 0 spiro atoms. The molecule has 1 aromatic rings. The van der Waals surface area contributed by atoms with Crippen LogP contribution in [0.1, 0.15) is 12.8 Å². The summed E-state index contributed by atoms with van der Waals surface area (Å²) >= 11 is 5.76. The molecule has 6 heteroatoms. The SMILES string of the molecule is O=S(=O)(CCOc1ccc(Cl)cc1)C1CCCNC1. The highest BCUT2D eigenvalue weighted by atomic mass is 35.5. The van der Waals surface area contributed by atoms with Crippen molar-refractivity contribution in [1.29, 1.82) is 0 Å². The van der Waals surface area contributed by atoms with Crippen molar-refractivity contribution in [1.82, 2.24) is 5.32 Å². The van der Waals surface area contributed by atoms with Crippen molar-refractivity contribution in [3.63, 3.8) is 0 Å². The first-order valence-corrected chi connectivity index (χ1v) is 8.48. The van der Waals surface area contributed by atoms with Crippen LogP contribution in [0.3, 0.4) is 0 Å². The van der Waals surface area contributed by atoms with Gasteiger partial charge in [-0.1, -0.05) is 11.6 Å². The lowest BCUT2D eigenvalue weighted by molar-refractivity contribution is 0.339. The molecule has 0 radical (unpaired) electrons. The fourth-order valence-corrected chi connectivity index (χ4v) is 3.77. The van der Waals surface area contributed by atoms with Crippen LogP contribution in [0, 0.1) is 0 Å². The monoisotopic (exact) mass is 303 g/mol.